The molecule has 5 N–H and O–H groups in total. The Labute approximate surface area is 203 Å². The normalized spacial score (nSPS) is 28.0. The molecule has 8 nitrogen and oxygen atoms in total. The van der Waals surface area contributed by atoms with Gasteiger partial charge < -0.3 is 25.8 Å². The molecule has 3 aromatic heterocycles. The smallest absolute Gasteiger partial charge is 0.145 e. The van der Waals surface area contributed by atoms with E-state index in [-0.39, 0.29) is 12.0 Å². The minimum absolute atomic E-state index is 0.00345. The van der Waals surface area contributed by atoms with Crippen molar-refractivity contribution in [2.75, 3.05) is 11.1 Å². The minimum Gasteiger partial charge on any atom is -0.390 e. The van der Waals surface area contributed by atoms with Gasteiger partial charge in [-0.2, -0.15) is 0 Å². The first-order valence-corrected chi connectivity index (χ1v) is 12.7. The summed E-state index contributed by atoms with van der Waals surface area (Å²) >= 11 is 0. The van der Waals surface area contributed by atoms with Gasteiger partial charge in [-0.25, -0.2) is 15.0 Å². The summed E-state index contributed by atoms with van der Waals surface area (Å²) in [5.41, 5.74) is 10.2. The number of anilines is 2. The summed E-state index contributed by atoms with van der Waals surface area (Å²) in [6.45, 7) is 0. The lowest BCUT2D eigenvalue weighted by Gasteiger charge is -2.19. The second kappa shape index (κ2) is 7.90. The number of aliphatic hydroxyl groups excluding tert-OH is 2. The molecule has 7 rings (SSSR count). The number of fused-ring (bicyclic) bond motifs is 3. The maximum atomic E-state index is 10.9. The maximum absolute atomic E-state index is 10.9. The number of nitrogen functional groups attached to an aromatic ring is 1. The highest BCUT2D eigenvalue weighted by Gasteiger charge is 2.42. The highest BCUT2D eigenvalue weighted by molar-refractivity contribution is 5.86. The SMILES string of the molecule is Nc1ncnc2c1ccn2[C@@H]1C[C@H](CCc2ccc3cc4c(nc3c2)NC(C2CC2)C4)[C@@H](O)[C@H]1O. The standard InChI is InChI=1S/C27H30N6O2/c28-25-19-7-8-33(27(19)30-13-29-25)22-12-17(23(34)24(22)35)4-2-14-1-3-16-10-18-11-21(15-5-6-15)32-26(18)31-20(16)9-14/h1,3,7-10,13,15,17,21-24,34-35H,2,4-6,11-12H2,(H,31,32)(H2,28,29,30)/t17-,21?,22+,23+,24-/m0/s1. The number of nitrogens with zero attached hydrogens (tertiary/aromatic N) is 4. The van der Waals surface area contributed by atoms with Crippen molar-refractivity contribution in [3.8, 4) is 0 Å². The molecule has 2 aliphatic carbocycles. The summed E-state index contributed by atoms with van der Waals surface area (Å²) in [4.78, 5) is 13.3. The van der Waals surface area contributed by atoms with Gasteiger partial charge >= 0.3 is 0 Å². The number of aromatic nitrogens is 4. The lowest BCUT2D eigenvalue weighted by atomic mass is 9.95. The van der Waals surface area contributed by atoms with E-state index in [4.69, 9.17) is 10.7 Å². The molecule has 4 heterocycles. The van der Waals surface area contributed by atoms with Gasteiger partial charge in [-0.1, -0.05) is 12.1 Å². The Hall–Kier alpha value is -3.23. The zero-order chi connectivity index (χ0) is 23.7. The van der Waals surface area contributed by atoms with Crippen LogP contribution in [0.3, 0.4) is 0 Å². The fourth-order valence-corrected chi connectivity index (χ4v) is 6.21. The molecule has 5 atom stereocenters. The Kier molecular flexibility index (Phi) is 4.76. The molecule has 0 amide bonds. The second-order valence-corrected chi connectivity index (χ2v) is 10.6. The third-order valence-electron chi connectivity index (χ3n) is 8.39. The van der Waals surface area contributed by atoms with Gasteiger partial charge in [-0.15, -0.1) is 0 Å². The van der Waals surface area contributed by atoms with Gasteiger partial charge in [0.25, 0.3) is 0 Å². The Morgan fingerprint density at radius 1 is 1.09 bits per heavy atom. The summed E-state index contributed by atoms with van der Waals surface area (Å²) in [5.74, 6) is 2.28. The second-order valence-electron chi connectivity index (χ2n) is 10.6. The number of aryl methyl sites for hydroxylation is 1. The van der Waals surface area contributed by atoms with Crippen LogP contribution in [-0.4, -0.2) is 48.0 Å². The predicted octanol–water partition coefficient (Wildman–Crippen LogP) is 3.22. The van der Waals surface area contributed by atoms with Crippen LogP contribution in [0.4, 0.5) is 11.6 Å². The van der Waals surface area contributed by atoms with E-state index >= 15 is 0 Å². The molecule has 1 unspecified atom stereocenters. The molecule has 3 aliphatic rings. The van der Waals surface area contributed by atoms with Crippen LogP contribution in [0.25, 0.3) is 21.9 Å². The summed E-state index contributed by atoms with van der Waals surface area (Å²) < 4.78 is 1.93. The fraction of sp³-hybridized carbons (Fsp3) is 0.444. The summed E-state index contributed by atoms with van der Waals surface area (Å²) in [7, 11) is 0. The van der Waals surface area contributed by atoms with Crippen molar-refractivity contribution in [3.63, 3.8) is 0 Å². The van der Waals surface area contributed by atoms with Crippen molar-refractivity contribution < 1.29 is 10.2 Å². The predicted molar refractivity (Wildman–Crippen MR) is 135 cm³/mol. The van der Waals surface area contributed by atoms with Crippen LogP contribution in [0.1, 0.15) is 42.9 Å². The number of nitrogens with one attached hydrogen (secondary N) is 1. The molecule has 2 fully saturated rings. The van der Waals surface area contributed by atoms with Crippen molar-refractivity contribution in [1.29, 1.82) is 0 Å². The van der Waals surface area contributed by atoms with Crippen LogP contribution in [-0.2, 0) is 12.8 Å². The minimum atomic E-state index is -0.849. The number of rotatable bonds is 5. The van der Waals surface area contributed by atoms with Gasteiger partial charge in [0.2, 0.25) is 0 Å². The summed E-state index contributed by atoms with van der Waals surface area (Å²) in [6, 6.07) is 11.0. The van der Waals surface area contributed by atoms with Crippen LogP contribution in [0, 0.1) is 11.8 Å². The Bertz CT molecular complexity index is 1430. The molecular formula is C27H30N6O2. The quantitative estimate of drug-likeness (QED) is 0.353. The fourth-order valence-electron chi connectivity index (χ4n) is 6.21. The van der Waals surface area contributed by atoms with E-state index in [0.717, 1.165) is 41.9 Å². The third kappa shape index (κ3) is 3.54. The van der Waals surface area contributed by atoms with Crippen molar-refractivity contribution in [2.45, 2.75) is 62.8 Å². The van der Waals surface area contributed by atoms with Crippen molar-refractivity contribution >= 4 is 33.6 Å². The van der Waals surface area contributed by atoms with Gasteiger partial charge in [-0.05, 0) is 79.7 Å². The number of aliphatic hydroxyl groups is 2. The van der Waals surface area contributed by atoms with Gasteiger partial charge in [0, 0.05) is 17.6 Å². The van der Waals surface area contributed by atoms with E-state index in [0.29, 0.717) is 23.9 Å². The Morgan fingerprint density at radius 3 is 2.83 bits per heavy atom. The summed E-state index contributed by atoms with van der Waals surface area (Å²) in [5, 5.41) is 27.3. The summed E-state index contributed by atoms with van der Waals surface area (Å²) in [6.07, 6.45) is 7.76. The number of hydrogen-bond donors (Lipinski definition) is 4. The van der Waals surface area contributed by atoms with Gasteiger partial charge in [0.05, 0.1) is 23.0 Å². The highest BCUT2D eigenvalue weighted by atomic mass is 16.3. The largest absolute Gasteiger partial charge is 0.390 e. The molecular weight excluding hydrogens is 440 g/mol. The monoisotopic (exact) mass is 470 g/mol. The number of benzene rings is 1. The molecule has 180 valence electrons. The molecule has 8 heteroatoms. The molecule has 0 radical (unpaired) electrons. The van der Waals surface area contributed by atoms with Gasteiger partial charge in [0.15, 0.2) is 0 Å². The average Bonchev–Trinajstić information content (AvgIpc) is 3.39. The molecule has 2 saturated carbocycles. The highest BCUT2D eigenvalue weighted by Crippen LogP contribution is 2.41. The molecule has 1 aliphatic heterocycles. The van der Waals surface area contributed by atoms with Gasteiger partial charge in [0.1, 0.15) is 29.7 Å². The zero-order valence-electron chi connectivity index (χ0n) is 19.5. The Morgan fingerprint density at radius 2 is 1.97 bits per heavy atom. The lowest BCUT2D eigenvalue weighted by Crippen LogP contribution is -2.29. The van der Waals surface area contributed by atoms with Gasteiger partial charge in [-0.3, -0.25) is 0 Å². The van der Waals surface area contributed by atoms with E-state index in [1.807, 2.05) is 16.8 Å². The number of pyridine rings is 1. The van der Waals surface area contributed by atoms with E-state index in [1.165, 1.54) is 35.7 Å². The van der Waals surface area contributed by atoms with Crippen LogP contribution < -0.4 is 11.1 Å². The van der Waals surface area contributed by atoms with Crippen molar-refractivity contribution in [1.82, 2.24) is 19.5 Å². The Balaban J connectivity index is 1.07. The van der Waals surface area contributed by atoms with E-state index in [2.05, 4.69) is 39.6 Å². The first-order valence-electron chi connectivity index (χ1n) is 12.7. The molecule has 1 aromatic carbocycles. The lowest BCUT2D eigenvalue weighted by molar-refractivity contribution is 0.00545. The van der Waals surface area contributed by atoms with Crippen LogP contribution in [0.15, 0.2) is 42.9 Å². The van der Waals surface area contributed by atoms with Crippen molar-refractivity contribution in [3.05, 3.63) is 54.0 Å². The number of hydrogen-bond acceptors (Lipinski definition) is 7. The third-order valence-corrected chi connectivity index (χ3v) is 8.39. The van der Waals surface area contributed by atoms with E-state index < -0.39 is 12.2 Å². The topological polar surface area (TPSA) is 122 Å². The molecule has 0 spiro atoms. The van der Waals surface area contributed by atoms with E-state index in [9.17, 15) is 10.2 Å². The van der Waals surface area contributed by atoms with E-state index in [1.54, 1.807) is 0 Å². The van der Waals surface area contributed by atoms with Crippen LogP contribution >= 0.6 is 0 Å². The van der Waals surface area contributed by atoms with Crippen LogP contribution in [0.2, 0.25) is 0 Å². The molecule has 35 heavy (non-hydrogen) atoms. The maximum Gasteiger partial charge on any atom is 0.145 e. The van der Waals surface area contributed by atoms with Crippen LogP contribution in [0.5, 0.6) is 0 Å². The average molecular weight is 471 g/mol. The first-order chi connectivity index (χ1) is 17.0. The molecule has 4 aromatic rings. The number of nitrogens with two attached hydrogens (primary N) is 1. The molecule has 0 saturated heterocycles. The zero-order valence-corrected chi connectivity index (χ0v) is 19.5. The molecule has 0 bridgehead atoms. The first kappa shape index (κ1) is 21.1. The van der Waals surface area contributed by atoms with Crippen molar-refractivity contribution in [2.24, 2.45) is 11.8 Å².